The number of aromatic nitrogens is 1. The van der Waals surface area contributed by atoms with Crippen molar-refractivity contribution in [3.8, 4) is 6.07 Å². The van der Waals surface area contributed by atoms with Gasteiger partial charge in [-0.2, -0.15) is 5.26 Å². The number of hydrogen-bond donors (Lipinski definition) is 1. The standard InChI is InChI=1S/C25H16ClFN2O2/c26-22-2-1-3-23-24(22)20(15-29(23)14-16-4-10-21(27)11-5-16)12-19(13-28)17-6-8-18(9-7-17)25(30)31/h1-12,15H,14H2,(H,30,31). The molecule has 3 aromatic carbocycles. The third kappa shape index (κ3) is 4.20. The van der Waals surface area contributed by atoms with Gasteiger partial charge in [0.25, 0.3) is 0 Å². The molecule has 1 aromatic heterocycles. The Kier molecular flexibility index (Phi) is 5.57. The van der Waals surface area contributed by atoms with Crippen LogP contribution in [-0.2, 0) is 6.54 Å². The zero-order chi connectivity index (χ0) is 22.0. The molecular weight excluding hydrogens is 415 g/mol. The number of nitriles is 1. The largest absolute Gasteiger partial charge is 0.478 e. The first-order chi connectivity index (χ1) is 15.0. The Morgan fingerprint density at radius 1 is 1.06 bits per heavy atom. The molecule has 0 aliphatic carbocycles. The highest BCUT2D eigenvalue weighted by atomic mass is 35.5. The van der Waals surface area contributed by atoms with Gasteiger partial charge in [-0.1, -0.05) is 41.9 Å². The topological polar surface area (TPSA) is 66.0 Å². The summed E-state index contributed by atoms with van der Waals surface area (Å²) in [7, 11) is 0. The summed E-state index contributed by atoms with van der Waals surface area (Å²) in [5.74, 6) is -1.31. The Bertz CT molecular complexity index is 1350. The summed E-state index contributed by atoms with van der Waals surface area (Å²) in [6.45, 7) is 0.514. The first-order valence-electron chi connectivity index (χ1n) is 9.43. The lowest BCUT2D eigenvalue weighted by atomic mass is 10.0. The molecule has 4 nitrogen and oxygen atoms in total. The number of halogens is 2. The van der Waals surface area contributed by atoms with Crippen molar-refractivity contribution in [1.82, 2.24) is 4.57 Å². The lowest BCUT2D eigenvalue weighted by Gasteiger charge is -2.06. The van der Waals surface area contributed by atoms with Crippen LogP contribution in [0.15, 0.2) is 72.9 Å². The maximum atomic E-state index is 13.3. The SMILES string of the molecule is N#CC(=Cc1cn(Cc2ccc(F)cc2)c2cccc(Cl)c12)c1ccc(C(=O)O)cc1. The molecule has 0 bridgehead atoms. The van der Waals surface area contributed by atoms with E-state index in [0.717, 1.165) is 22.0 Å². The van der Waals surface area contributed by atoms with Crippen molar-refractivity contribution in [1.29, 1.82) is 5.26 Å². The van der Waals surface area contributed by atoms with E-state index in [1.165, 1.54) is 24.3 Å². The summed E-state index contributed by atoms with van der Waals surface area (Å²) in [6, 6.07) is 20.2. The van der Waals surface area contributed by atoms with Crippen molar-refractivity contribution >= 4 is 40.1 Å². The van der Waals surface area contributed by atoms with Crippen LogP contribution >= 0.6 is 11.6 Å². The first kappa shape index (κ1) is 20.4. The van der Waals surface area contributed by atoms with Gasteiger partial charge in [0.05, 0.1) is 27.7 Å². The van der Waals surface area contributed by atoms with E-state index in [1.807, 2.05) is 22.9 Å². The molecule has 0 aliphatic heterocycles. The monoisotopic (exact) mass is 430 g/mol. The molecule has 1 heterocycles. The molecule has 0 saturated carbocycles. The second-order valence-corrected chi connectivity index (χ2v) is 7.43. The fraction of sp³-hybridized carbons (Fsp3) is 0.0400. The van der Waals surface area contributed by atoms with E-state index in [2.05, 4.69) is 6.07 Å². The highest BCUT2D eigenvalue weighted by Crippen LogP contribution is 2.32. The Morgan fingerprint density at radius 2 is 1.74 bits per heavy atom. The molecule has 31 heavy (non-hydrogen) atoms. The number of rotatable bonds is 5. The zero-order valence-electron chi connectivity index (χ0n) is 16.2. The third-order valence-electron chi connectivity index (χ3n) is 5.01. The number of carboxylic acid groups (broad SMARTS) is 1. The number of fused-ring (bicyclic) bond motifs is 1. The Morgan fingerprint density at radius 3 is 2.39 bits per heavy atom. The number of benzene rings is 3. The molecule has 1 N–H and O–H groups in total. The van der Waals surface area contributed by atoms with E-state index in [0.29, 0.717) is 22.7 Å². The van der Waals surface area contributed by atoms with Crippen LogP contribution < -0.4 is 0 Å². The number of carboxylic acids is 1. The van der Waals surface area contributed by atoms with Gasteiger partial charge in [0, 0.05) is 23.7 Å². The molecule has 6 heteroatoms. The maximum absolute atomic E-state index is 13.3. The van der Waals surface area contributed by atoms with E-state index in [1.54, 1.807) is 36.4 Å². The molecule has 0 radical (unpaired) electrons. The summed E-state index contributed by atoms with van der Waals surface area (Å²) in [4.78, 5) is 11.1. The molecule has 0 spiro atoms. The number of aromatic carboxylic acids is 1. The van der Waals surface area contributed by atoms with Crippen molar-refractivity contribution < 1.29 is 14.3 Å². The molecule has 4 aromatic rings. The number of hydrogen-bond acceptors (Lipinski definition) is 2. The number of nitrogens with zero attached hydrogens (tertiary/aromatic N) is 2. The molecule has 0 saturated heterocycles. The number of allylic oxidation sites excluding steroid dienone is 1. The highest BCUT2D eigenvalue weighted by Gasteiger charge is 2.13. The van der Waals surface area contributed by atoms with E-state index in [-0.39, 0.29) is 11.4 Å². The van der Waals surface area contributed by atoms with E-state index < -0.39 is 5.97 Å². The lowest BCUT2D eigenvalue weighted by molar-refractivity contribution is 0.0697. The van der Waals surface area contributed by atoms with Gasteiger partial charge in [-0.3, -0.25) is 0 Å². The Labute approximate surface area is 183 Å². The predicted octanol–water partition coefficient (Wildman–Crippen LogP) is 6.24. The molecule has 4 rings (SSSR count). The van der Waals surface area contributed by atoms with Crippen LogP contribution in [0.1, 0.15) is 27.0 Å². The predicted molar refractivity (Wildman–Crippen MR) is 119 cm³/mol. The first-order valence-corrected chi connectivity index (χ1v) is 9.81. The van der Waals surface area contributed by atoms with Gasteiger partial charge in [-0.15, -0.1) is 0 Å². The van der Waals surface area contributed by atoms with E-state index >= 15 is 0 Å². The summed E-state index contributed by atoms with van der Waals surface area (Å²) in [5, 5.41) is 20.2. The van der Waals surface area contributed by atoms with Crippen molar-refractivity contribution in [3.05, 3.63) is 106 Å². The van der Waals surface area contributed by atoms with Crippen LogP contribution in [0.2, 0.25) is 5.02 Å². The molecule has 152 valence electrons. The van der Waals surface area contributed by atoms with Gasteiger partial charge in [0.1, 0.15) is 5.82 Å². The van der Waals surface area contributed by atoms with E-state index in [4.69, 9.17) is 16.7 Å². The maximum Gasteiger partial charge on any atom is 0.335 e. The second kappa shape index (κ2) is 8.47. The average molecular weight is 431 g/mol. The van der Waals surface area contributed by atoms with Gasteiger partial charge in [0.15, 0.2) is 0 Å². The van der Waals surface area contributed by atoms with Gasteiger partial charge in [-0.25, -0.2) is 9.18 Å². The highest BCUT2D eigenvalue weighted by molar-refractivity contribution is 6.36. The van der Waals surface area contributed by atoms with Crippen LogP contribution in [0.3, 0.4) is 0 Å². The van der Waals surface area contributed by atoms with E-state index in [9.17, 15) is 14.4 Å². The van der Waals surface area contributed by atoms with Gasteiger partial charge < -0.3 is 9.67 Å². The summed E-state index contributed by atoms with van der Waals surface area (Å²) >= 11 is 6.49. The molecule has 0 atom stereocenters. The lowest BCUT2D eigenvalue weighted by Crippen LogP contribution is -1.97. The fourth-order valence-corrected chi connectivity index (χ4v) is 3.77. The van der Waals surface area contributed by atoms with Crippen molar-refractivity contribution in [2.75, 3.05) is 0 Å². The average Bonchev–Trinajstić information content (AvgIpc) is 3.12. The van der Waals surface area contributed by atoms with Crippen LogP contribution in [0.25, 0.3) is 22.6 Å². The molecule has 0 fully saturated rings. The fourth-order valence-electron chi connectivity index (χ4n) is 3.49. The zero-order valence-corrected chi connectivity index (χ0v) is 17.0. The third-order valence-corrected chi connectivity index (χ3v) is 5.33. The van der Waals surface area contributed by atoms with Gasteiger partial charge in [0.2, 0.25) is 0 Å². The Balaban J connectivity index is 1.80. The summed E-state index contributed by atoms with van der Waals surface area (Å²) in [6.07, 6.45) is 3.65. The smallest absolute Gasteiger partial charge is 0.335 e. The van der Waals surface area contributed by atoms with Gasteiger partial charge in [-0.05, 0) is 53.6 Å². The quantitative estimate of drug-likeness (QED) is 0.381. The molecule has 0 unspecified atom stereocenters. The van der Waals surface area contributed by atoms with Crippen LogP contribution in [0.5, 0.6) is 0 Å². The van der Waals surface area contributed by atoms with Crippen LogP contribution in [0.4, 0.5) is 4.39 Å². The minimum Gasteiger partial charge on any atom is -0.478 e. The van der Waals surface area contributed by atoms with Gasteiger partial charge >= 0.3 is 5.97 Å². The van der Waals surface area contributed by atoms with Crippen molar-refractivity contribution in [3.63, 3.8) is 0 Å². The second-order valence-electron chi connectivity index (χ2n) is 7.03. The molecular formula is C25H16ClFN2O2. The minimum atomic E-state index is -1.02. The number of carbonyl (C=O) groups is 1. The molecule has 0 aliphatic rings. The minimum absolute atomic E-state index is 0.153. The van der Waals surface area contributed by atoms with Crippen molar-refractivity contribution in [2.24, 2.45) is 0 Å². The Hall–Kier alpha value is -3.88. The van der Waals surface area contributed by atoms with Crippen molar-refractivity contribution in [2.45, 2.75) is 6.54 Å². The summed E-state index contributed by atoms with van der Waals surface area (Å²) in [5.41, 5.74) is 3.73. The summed E-state index contributed by atoms with van der Waals surface area (Å²) < 4.78 is 15.3. The normalized spacial score (nSPS) is 11.5. The van der Waals surface area contributed by atoms with Crippen LogP contribution in [0, 0.1) is 17.1 Å². The van der Waals surface area contributed by atoms with Crippen LogP contribution in [-0.4, -0.2) is 15.6 Å². The molecule has 0 amide bonds.